The summed E-state index contributed by atoms with van der Waals surface area (Å²) < 4.78 is 39.8. The number of nitrogens with one attached hydrogen (secondary N) is 2. The van der Waals surface area contributed by atoms with Crippen LogP contribution in [0.3, 0.4) is 0 Å². The SMILES string of the molecule is O=C(CNCC(F)(F)F)NCc1ccno1. The Hall–Kier alpha value is -1.57. The Morgan fingerprint density at radius 1 is 1.50 bits per heavy atom. The Morgan fingerprint density at radius 3 is 2.81 bits per heavy atom. The van der Waals surface area contributed by atoms with Crippen LogP contribution in [0.1, 0.15) is 5.76 Å². The first kappa shape index (κ1) is 12.5. The second kappa shape index (κ2) is 5.50. The van der Waals surface area contributed by atoms with Gasteiger partial charge in [0.25, 0.3) is 0 Å². The van der Waals surface area contributed by atoms with Gasteiger partial charge in [0, 0.05) is 6.07 Å². The number of rotatable bonds is 5. The summed E-state index contributed by atoms with van der Waals surface area (Å²) in [5.74, 6) is -0.107. The molecule has 0 aromatic carbocycles. The molecule has 0 spiro atoms. The Labute approximate surface area is 89.0 Å². The number of amides is 1. The van der Waals surface area contributed by atoms with Gasteiger partial charge >= 0.3 is 6.18 Å². The molecule has 0 saturated carbocycles. The average Bonchev–Trinajstić information content (AvgIpc) is 2.65. The van der Waals surface area contributed by atoms with Crippen LogP contribution >= 0.6 is 0 Å². The number of hydrogen-bond acceptors (Lipinski definition) is 4. The summed E-state index contributed by atoms with van der Waals surface area (Å²) in [6, 6.07) is 1.55. The summed E-state index contributed by atoms with van der Waals surface area (Å²) in [7, 11) is 0. The molecule has 0 bridgehead atoms. The summed E-state index contributed by atoms with van der Waals surface area (Å²) in [5.41, 5.74) is 0. The highest BCUT2D eigenvalue weighted by atomic mass is 19.4. The lowest BCUT2D eigenvalue weighted by Crippen LogP contribution is -2.37. The molecule has 1 aromatic heterocycles. The molecule has 0 saturated heterocycles. The number of alkyl halides is 3. The Morgan fingerprint density at radius 2 is 2.25 bits per heavy atom. The highest BCUT2D eigenvalue weighted by molar-refractivity contribution is 5.77. The third-order valence-corrected chi connectivity index (χ3v) is 1.56. The minimum Gasteiger partial charge on any atom is -0.360 e. The van der Waals surface area contributed by atoms with Gasteiger partial charge in [0.05, 0.1) is 25.8 Å². The lowest BCUT2D eigenvalue weighted by Gasteiger charge is -2.07. The standard InChI is InChI=1S/C8H10F3N3O2/c9-8(10,11)5-12-4-7(15)13-3-6-1-2-14-16-6/h1-2,12H,3-5H2,(H,13,15). The van der Waals surface area contributed by atoms with Gasteiger partial charge in [-0.2, -0.15) is 13.2 Å². The van der Waals surface area contributed by atoms with Crippen molar-refractivity contribution in [3.05, 3.63) is 18.0 Å². The van der Waals surface area contributed by atoms with E-state index in [0.29, 0.717) is 5.76 Å². The minimum absolute atomic E-state index is 0.104. The summed E-state index contributed by atoms with van der Waals surface area (Å²) in [4.78, 5) is 11.0. The highest BCUT2D eigenvalue weighted by Gasteiger charge is 2.26. The predicted octanol–water partition coefficient (Wildman–Crippen LogP) is 0.443. The van der Waals surface area contributed by atoms with E-state index in [2.05, 4.69) is 15.0 Å². The van der Waals surface area contributed by atoms with E-state index in [0.717, 1.165) is 0 Å². The van der Waals surface area contributed by atoms with Gasteiger partial charge in [0.15, 0.2) is 5.76 Å². The molecular weight excluding hydrogens is 227 g/mol. The second-order valence-electron chi connectivity index (χ2n) is 2.97. The molecule has 0 atom stereocenters. The lowest BCUT2D eigenvalue weighted by atomic mass is 10.4. The van der Waals surface area contributed by atoms with E-state index in [1.54, 1.807) is 6.07 Å². The molecule has 0 fully saturated rings. The van der Waals surface area contributed by atoms with Crippen LogP contribution in [0.4, 0.5) is 13.2 Å². The van der Waals surface area contributed by atoms with Crippen LogP contribution in [0.2, 0.25) is 0 Å². The van der Waals surface area contributed by atoms with Gasteiger partial charge in [-0.1, -0.05) is 5.16 Å². The molecule has 0 aliphatic heterocycles. The van der Waals surface area contributed by atoms with Crippen LogP contribution in [0.5, 0.6) is 0 Å². The number of carbonyl (C=O) groups is 1. The molecule has 8 heteroatoms. The maximum Gasteiger partial charge on any atom is 0.401 e. The zero-order valence-electron chi connectivity index (χ0n) is 8.17. The predicted molar refractivity (Wildman–Crippen MR) is 47.3 cm³/mol. The molecule has 1 rings (SSSR count). The summed E-state index contributed by atoms with van der Waals surface area (Å²) in [6.07, 6.45) is -2.91. The highest BCUT2D eigenvalue weighted by Crippen LogP contribution is 2.11. The van der Waals surface area contributed by atoms with Crippen LogP contribution in [-0.4, -0.2) is 30.3 Å². The van der Waals surface area contributed by atoms with E-state index in [9.17, 15) is 18.0 Å². The molecule has 1 amide bonds. The molecule has 0 radical (unpaired) electrons. The topological polar surface area (TPSA) is 67.2 Å². The Bertz CT molecular complexity index is 324. The van der Waals surface area contributed by atoms with Gasteiger partial charge < -0.3 is 15.2 Å². The average molecular weight is 237 g/mol. The second-order valence-corrected chi connectivity index (χ2v) is 2.97. The summed E-state index contributed by atoms with van der Waals surface area (Å²) in [6.45, 7) is -1.48. The van der Waals surface area contributed by atoms with Crippen LogP contribution in [0.25, 0.3) is 0 Å². The largest absolute Gasteiger partial charge is 0.401 e. The van der Waals surface area contributed by atoms with Crippen molar-refractivity contribution in [2.24, 2.45) is 0 Å². The molecule has 5 nitrogen and oxygen atoms in total. The smallest absolute Gasteiger partial charge is 0.360 e. The van der Waals surface area contributed by atoms with E-state index in [4.69, 9.17) is 0 Å². The first-order valence-electron chi connectivity index (χ1n) is 4.41. The monoisotopic (exact) mass is 237 g/mol. The molecule has 2 N–H and O–H groups in total. The van der Waals surface area contributed by atoms with Crippen molar-refractivity contribution in [2.45, 2.75) is 12.7 Å². The van der Waals surface area contributed by atoms with Gasteiger partial charge in [-0.15, -0.1) is 0 Å². The van der Waals surface area contributed by atoms with Gasteiger partial charge in [-0.25, -0.2) is 0 Å². The molecule has 90 valence electrons. The third-order valence-electron chi connectivity index (χ3n) is 1.56. The Kier molecular flexibility index (Phi) is 4.29. The lowest BCUT2D eigenvalue weighted by molar-refractivity contribution is -0.128. The molecule has 1 heterocycles. The summed E-state index contributed by atoms with van der Waals surface area (Å²) in [5, 5.41) is 7.74. The van der Waals surface area contributed by atoms with E-state index in [1.165, 1.54) is 6.20 Å². The first-order chi connectivity index (χ1) is 7.47. The van der Waals surface area contributed by atoms with Crippen LogP contribution in [-0.2, 0) is 11.3 Å². The van der Waals surface area contributed by atoms with E-state index in [1.807, 2.05) is 5.32 Å². The molecule has 16 heavy (non-hydrogen) atoms. The van der Waals surface area contributed by atoms with Crippen molar-refractivity contribution in [1.82, 2.24) is 15.8 Å². The fourth-order valence-corrected chi connectivity index (χ4v) is 0.899. The van der Waals surface area contributed by atoms with Crippen LogP contribution in [0.15, 0.2) is 16.8 Å². The van der Waals surface area contributed by atoms with Gasteiger partial charge in [0.2, 0.25) is 5.91 Å². The molecule has 1 aromatic rings. The van der Waals surface area contributed by atoms with Crippen molar-refractivity contribution in [3.8, 4) is 0 Å². The van der Waals surface area contributed by atoms with Crippen molar-refractivity contribution in [3.63, 3.8) is 0 Å². The first-order valence-corrected chi connectivity index (χ1v) is 4.41. The van der Waals surface area contributed by atoms with Crippen molar-refractivity contribution in [2.75, 3.05) is 13.1 Å². The van der Waals surface area contributed by atoms with Crippen LogP contribution < -0.4 is 10.6 Å². The van der Waals surface area contributed by atoms with Gasteiger partial charge in [-0.05, 0) is 0 Å². The summed E-state index contributed by atoms with van der Waals surface area (Å²) >= 11 is 0. The Balaban J connectivity index is 2.12. The van der Waals surface area contributed by atoms with E-state index < -0.39 is 25.2 Å². The number of hydrogen-bond donors (Lipinski definition) is 2. The van der Waals surface area contributed by atoms with E-state index in [-0.39, 0.29) is 6.54 Å². The molecule has 0 aliphatic carbocycles. The fraction of sp³-hybridized carbons (Fsp3) is 0.500. The normalized spacial score (nSPS) is 11.4. The zero-order valence-corrected chi connectivity index (χ0v) is 8.17. The molecular formula is C8H10F3N3O2. The maximum atomic E-state index is 11.7. The molecule has 0 unspecified atom stereocenters. The number of halogens is 3. The van der Waals surface area contributed by atoms with Gasteiger partial charge in [-0.3, -0.25) is 4.79 Å². The molecule has 0 aliphatic rings. The quantitative estimate of drug-likeness (QED) is 0.780. The minimum atomic E-state index is -4.31. The van der Waals surface area contributed by atoms with Gasteiger partial charge in [0.1, 0.15) is 0 Å². The zero-order chi connectivity index (χ0) is 12.0. The number of carbonyl (C=O) groups excluding carboxylic acids is 1. The fourth-order valence-electron chi connectivity index (χ4n) is 0.899. The van der Waals surface area contributed by atoms with Crippen molar-refractivity contribution in [1.29, 1.82) is 0 Å². The van der Waals surface area contributed by atoms with Crippen LogP contribution in [0, 0.1) is 0 Å². The third kappa shape index (κ3) is 5.35. The van der Waals surface area contributed by atoms with E-state index >= 15 is 0 Å². The number of aromatic nitrogens is 1. The van der Waals surface area contributed by atoms with Crippen molar-refractivity contribution >= 4 is 5.91 Å². The number of nitrogens with zero attached hydrogens (tertiary/aromatic N) is 1. The maximum absolute atomic E-state index is 11.7. The van der Waals surface area contributed by atoms with Crippen molar-refractivity contribution < 1.29 is 22.5 Å².